The molecule has 0 saturated heterocycles. The molecule has 0 N–H and O–H groups in total. The average molecular weight is 443 g/mol. The third kappa shape index (κ3) is 3.50. The Bertz CT molecular complexity index is 619. The molecule has 2 rings (SSSR count). The Kier molecular flexibility index (Phi) is 5.38. The second-order valence-electron chi connectivity index (χ2n) is 4.88. The zero-order valence-corrected chi connectivity index (χ0v) is 15.2. The van der Waals surface area contributed by atoms with Crippen molar-refractivity contribution in [1.29, 1.82) is 0 Å². The smallest absolute Gasteiger partial charge is 0.194 e. The molecule has 0 radical (unpaired) electrons. The first-order valence-electron chi connectivity index (χ1n) is 6.62. The van der Waals surface area contributed by atoms with Crippen LogP contribution in [-0.2, 0) is 0 Å². The number of hydrogen-bond acceptors (Lipinski definition) is 1. The van der Waals surface area contributed by atoms with Gasteiger partial charge in [-0.1, -0.05) is 54.0 Å². The van der Waals surface area contributed by atoms with E-state index in [1.807, 2.05) is 30.3 Å². The van der Waals surface area contributed by atoms with Crippen LogP contribution in [0.15, 0.2) is 46.9 Å². The van der Waals surface area contributed by atoms with Gasteiger partial charge < -0.3 is 0 Å². The van der Waals surface area contributed by atoms with Gasteiger partial charge in [-0.3, -0.25) is 4.79 Å². The minimum Gasteiger partial charge on any atom is -0.289 e. The monoisotopic (exact) mass is 442 g/mol. The number of hydrogen-bond donors (Lipinski definition) is 0. The molecule has 0 saturated carbocycles. The highest BCUT2D eigenvalue weighted by atomic mass is 127. The van der Waals surface area contributed by atoms with E-state index in [4.69, 9.17) is 0 Å². The number of ketones is 1. The predicted octanol–water partition coefficient (Wildman–Crippen LogP) is 5.80. The van der Waals surface area contributed by atoms with Crippen molar-refractivity contribution in [2.45, 2.75) is 26.2 Å². The van der Waals surface area contributed by atoms with Crippen molar-refractivity contribution in [1.82, 2.24) is 0 Å². The second-order valence-corrected chi connectivity index (χ2v) is 6.96. The van der Waals surface area contributed by atoms with Crippen LogP contribution in [-0.4, -0.2) is 5.78 Å². The lowest BCUT2D eigenvalue weighted by molar-refractivity contribution is 0.103. The maximum absolute atomic E-state index is 12.5. The Morgan fingerprint density at radius 2 is 1.85 bits per heavy atom. The number of halogens is 2. The summed E-state index contributed by atoms with van der Waals surface area (Å²) in [6.07, 6.45) is 1.11. The molecular weight excluding hydrogens is 427 g/mol. The van der Waals surface area contributed by atoms with E-state index >= 15 is 0 Å². The van der Waals surface area contributed by atoms with E-state index in [2.05, 4.69) is 64.5 Å². The van der Waals surface area contributed by atoms with E-state index in [0.717, 1.165) is 25.6 Å². The molecule has 2 aromatic carbocycles. The van der Waals surface area contributed by atoms with Crippen molar-refractivity contribution in [2.24, 2.45) is 0 Å². The van der Waals surface area contributed by atoms with Gasteiger partial charge in [0, 0.05) is 19.2 Å². The standard InChI is InChI=1S/C17H16BrIO/c1-3-11(2)12-4-6-13(7-5-12)17(20)15-10-14(18)8-9-16(15)19/h4-11H,3H2,1-2H3. The zero-order chi connectivity index (χ0) is 14.7. The average Bonchev–Trinajstić information content (AvgIpc) is 2.48. The minimum atomic E-state index is 0.0754. The van der Waals surface area contributed by atoms with Crippen LogP contribution >= 0.6 is 38.5 Å². The maximum atomic E-state index is 12.5. The molecule has 1 nitrogen and oxygen atoms in total. The fraction of sp³-hybridized carbons (Fsp3) is 0.235. The van der Waals surface area contributed by atoms with Crippen molar-refractivity contribution in [2.75, 3.05) is 0 Å². The molecular formula is C17H16BrIO. The summed E-state index contributed by atoms with van der Waals surface area (Å²) in [5, 5.41) is 0. The van der Waals surface area contributed by atoms with Crippen molar-refractivity contribution in [3.63, 3.8) is 0 Å². The van der Waals surface area contributed by atoms with Gasteiger partial charge in [0.1, 0.15) is 0 Å². The summed E-state index contributed by atoms with van der Waals surface area (Å²) in [6, 6.07) is 13.8. The fourth-order valence-electron chi connectivity index (χ4n) is 2.03. The molecule has 0 heterocycles. The molecule has 1 unspecified atom stereocenters. The molecule has 104 valence electrons. The summed E-state index contributed by atoms with van der Waals surface area (Å²) in [4.78, 5) is 12.5. The van der Waals surface area contributed by atoms with Crippen LogP contribution in [0.1, 0.15) is 47.7 Å². The Hall–Kier alpha value is -0.680. The molecule has 0 aliphatic heterocycles. The Balaban J connectivity index is 2.32. The summed E-state index contributed by atoms with van der Waals surface area (Å²) >= 11 is 5.62. The topological polar surface area (TPSA) is 17.1 Å². The highest BCUT2D eigenvalue weighted by Crippen LogP contribution is 2.23. The minimum absolute atomic E-state index is 0.0754. The molecule has 0 aliphatic rings. The molecule has 0 bridgehead atoms. The van der Waals surface area contributed by atoms with Crippen LogP contribution in [0.3, 0.4) is 0 Å². The van der Waals surface area contributed by atoms with E-state index in [1.165, 1.54) is 5.56 Å². The van der Waals surface area contributed by atoms with Crippen LogP contribution in [0.5, 0.6) is 0 Å². The van der Waals surface area contributed by atoms with E-state index in [1.54, 1.807) is 0 Å². The SMILES string of the molecule is CCC(C)c1ccc(C(=O)c2cc(Br)ccc2I)cc1. The maximum Gasteiger partial charge on any atom is 0.194 e. The Morgan fingerprint density at radius 1 is 1.20 bits per heavy atom. The number of carbonyl (C=O) groups excluding carboxylic acids is 1. The molecule has 2 aromatic rings. The van der Waals surface area contributed by atoms with Crippen LogP contribution in [0.4, 0.5) is 0 Å². The fourth-order valence-corrected chi connectivity index (χ4v) is 2.97. The summed E-state index contributed by atoms with van der Waals surface area (Å²) < 4.78 is 1.90. The first kappa shape index (κ1) is 15.7. The summed E-state index contributed by atoms with van der Waals surface area (Å²) in [5.41, 5.74) is 2.78. The van der Waals surface area contributed by atoms with Crippen molar-refractivity contribution in [3.05, 3.63) is 67.2 Å². The summed E-state index contributed by atoms with van der Waals surface area (Å²) in [7, 11) is 0. The molecule has 0 fully saturated rings. The van der Waals surface area contributed by atoms with Gasteiger partial charge >= 0.3 is 0 Å². The molecule has 1 atom stereocenters. The molecule has 0 amide bonds. The predicted molar refractivity (Wildman–Crippen MR) is 95.4 cm³/mol. The summed E-state index contributed by atoms with van der Waals surface area (Å²) in [6.45, 7) is 4.38. The highest BCUT2D eigenvalue weighted by Gasteiger charge is 2.13. The first-order valence-corrected chi connectivity index (χ1v) is 8.49. The number of carbonyl (C=O) groups is 1. The molecule has 0 spiro atoms. The molecule has 0 aromatic heterocycles. The van der Waals surface area contributed by atoms with Gasteiger partial charge in [-0.05, 0) is 58.7 Å². The Morgan fingerprint density at radius 3 is 2.45 bits per heavy atom. The lowest BCUT2D eigenvalue weighted by atomic mass is 9.95. The molecule has 0 aliphatic carbocycles. The van der Waals surface area contributed by atoms with Crippen LogP contribution in [0.25, 0.3) is 0 Å². The summed E-state index contributed by atoms with van der Waals surface area (Å²) in [5.74, 6) is 0.608. The van der Waals surface area contributed by atoms with E-state index in [9.17, 15) is 4.79 Å². The van der Waals surface area contributed by atoms with Gasteiger partial charge in [-0.2, -0.15) is 0 Å². The first-order chi connectivity index (χ1) is 9.52. The van der Waals surface area contributed by atoms with Gasteiger partial charge in [-0.25, -0.2) is 0 Å². The van der Waals surface area contributed by atoms with E-state index in [-0.39, 0.29) is 5.78 Å². The van der Waals surface area contributed by atoms with E-state index < -0.39 is 0 Å². The number of rotatable bonds is 4. The second kappa shape index (κ2) is 6.85. The van der Waals surface area contributed by atoms with Crippen molar-refractivity contribution in [3.8, 4) is 0 Å². The quantitative estimate of drug-likeness (QED) is 0.432. The molecule has 3 heteroatoms. The normalized spacial score (nSPS) is 12.2. The number of benzene rings is 2. The zero-order valence-electron chi connectivity index (χ0n) is 11.5. The van der Waals surface area contributed by atoms with Gasteiger partial charge in [-0.15, -0.1) is 0 Å². The van der Waals surface area contributed by atoms with Gasteiger partial charge in [0.05, 0.1) is 0 Å². The van der Waals surface area contributed by atoms with Crippen molar-refractivity contribution >= 4 is 44.3 Å². The highest BCUT2D eigenvalue weighted by molar-refractivity contribution is 14.1. The van der Waals surface area contributed by atoms with Gasteiger partial charge in [0.15, 0.2) is 5.78 Å². The van der Waals surface area contributed by atoms with Crippen LogP contribution in [0, 0.1) is 3.57 Å². The third-order valence-corrected chi connectivity index (χ3v) is 4.96. The van der Waals surface area contributed by atoms with E-state index in [0.29, 0.717) is 5.92 Å². The Labute approximate surface area is 142 Å². The lowest BCUT2D eigenvalue weighted by Gasteiger charge is -2.10. The van der Waals surface area contributed by atoms with Crippen LogP contribution < -0.4 is 0 Å². The van der Waals surface area contributed by atoms with Gasteiger partial charge in [0.25, 0.3) is 0 Å². The van der Waals surface area contributed by atoms with Gasteiger partial charge in [0.2, 0.25) is 0 Å². The van der Waals surface area contributed by atoms with Crippen molar-refractivity contribution < 1.29 is 4.79 Å². The third-order valence-electron chi connectivity index (χ3n) is 3.53. The lowest BCUT2D eigenvalue weighted by Crippen LogP contribution is -2.04. The van der Waals surface area contributed by atoms with Crippen LogP contribution in [0.2, 0.25) is 0 Å². The molecule has 20 heavy (non-hydrogen) atoms. The largest absolute Gasteiger partial charge is 0.289 e.